The van der Waals surface area contributed by atoms with Crippen LogP contribution in [0, 0.1) is 0 Å². The van der Waals surface area contributed by atoms with Gasteiger partial charge in [0.15, 0.2) is 0 Å². The summed E-state index contributed by atoms with van der Waals surface area (Å²) in [6.07, 6.45) is 1.36. The predicted octanol–water partition coefficient (Wildman–Crippen LogP) is 3.60. The second-order valence-corrected chi connectivity index (χ2v) is 7.73. The lowest BCUT2D eigenvalue weighted by Crippen LogP contribution is -2.36. The molecule has 2 aromatic rings. The van der Waals surface area contributed by atoms with Crippen LogP contribution < -0.4 is 4.90 Å². The fourth-order valence-corrected chi connectivity index (χ4v) is 4.00. The predicted molar refractivity (Wildman–Crippen MR) is 103 cm³/mol. The molecule has 0 radical (unpaired) electrons. The maximum absolute atomic E-state index is 12.3. The fraction of sp³-hybridized carbons (Fsp3) is 0.400. The number of carbonyl (C=O) groups is 2. The minimum Gasteiger partial charge on any atom is -0.477 e. The van der Waals surface area contributed by atoms with Gasteiger partial charge in [-0.15, -0.1) is 11.3 Å². The molecule has 0 spiro atoms. The zero-order chi connectivity index (χ0) is 19.4. The molecule has 1 aliphatic rings. The number of aromatic carboxylic acids is 1. The Morgan fingerprint density at radius 3 is 2.67 bits per heavy atom. The maximum Gasteiger partial charge on any atom is 0.345 e. The number of thiophene rings is 1. The number of carboxylic acids is 1. The summed E-state index contributed by atoms with van der Waals surface area (Å²) in [6, 6.07) is 10.7. The number of hydrogen-bond donors (Lipinski definition) is 2. The number of ether oxygens (including phenoxy) is 1. The molecule has 1 aromatic heterocycles. The first kappa shape index (κ1) is 19.5. The summed E-state index contributed by atoms with van der Waals surface area (Å²) < 4.78 is 5.76. The van der Waals surface area contributed by atoms with Crippen LogP contribution in [0.5, 0.6) is 0 Å². The van der Waals surface area contributed by atoms with E-state index in [9.17, 15) is 14.7 Å². The summed E-state index contributed by atoms with van der Waals surface area (Å²) in [5, 5.41) is 18.9. The molecule has 1 fully saturated rings. The third-order valence-electron chi connectivity index (χ3n) is 4.69. The standard InChI is InChI=1S/C20H23NO5S/c1-2-17(22)13-3-5-14(6-4-13)21-15(7-10-19(21)23)11-26-12-16-8-9-18(27-16)20(24)25/h3-6,8-9,15,17,22H,2,7,10-12H2,1H3,(H,24,25)/t15?,17-/m0/s1. The molecule has 0 saturated carbocycles. The molecule has 27 heavy (non-hydrogen) atoms. The Morgan fingerprint density at radius 1 is 1.30 bits per heavy atom. The quantitative estimate of drug-likeness (QED) is 0.720. The summed E-state index contributed by atoms with van der Waals surface area (Å²) in [6.45, 7) is 2.65. The Morgan fingerprint density at radius 2 is 2.04 bits per heavy atom. The van der Waals surface area contributed by atoms with Crippen molar-refractivity contribution >= 4 is 28.9 Å². The summed E-state index contributed by atoms with van der Waals surface area (Å²) in [5.41, 5.74) is 1.65. The van der Waals surface area contributed by atoms with E-state index in [0.717, 1.165) is 22.5 Å². The average molecular weight is 389 g/mol. The van der Waals surface area contributed by atoms with Gasteiger partial charge in [-0.05, 0) is 42.7 Å². The molecule has 1 aliphatic heterocycles. The van der Waals surface area contributed by atoms with E-state index in [1.807, 2.05) is 31.2 Å². The first-order chi connectivity index (χ1) is 13.0. The fourth-order valence-electron chi connectivity index (χ4n) is 3.21. The van der Waals surface area contributed by atoms with Crippen molar-refractivity contribution in [1.29, 1.82) is 0 Å². The lowest BCUT2D eigenvalue weighted by atomic mass is 10.1. The Balaban J connectivity index is 1.61. The van der Waals surface area contributed by atoms with E-state index >= 15 is 0 Å². The van der Waals surface area contributed by atoms with Crippen molar-refractivity contribution in [2.75, 3.05) is 11.5 Å². The number of hydrogen-bond acceptors (Lipinski definition) is 5. The van der Waals surface area contributed by atoms with E-state index < -0.39 is 12.1 Å². The summed E-state index contributed by atoms with van der Waals surface area (Å²) >= 11 is 1.20. The number of anilines is 1. The van der Waals surface area contributed by atoms with E-state index in [0.29, 0.717) is 30.9 Å². The van der Waals surface area contributed by atoms with Crippen LogP contribution in [-0.2, 0) is 16.1 Å². The Hall–Kier alpha value is -2.22. The summed E-state index contributed by atoms with van der Waals surface area (Å²) in [4.78, 5) is 26.2. The minimum atomic E-state index is -0.935. The van der Waals surface area contributed by atoms with Gasteiger partial charge in [-0.3, -0.25) is 4.79 Å². The van der Waals surface area contributed by atoms with E-state index in [2.05, 4.69) is 0 Å². The van der Waals surface area contributed by atoms with E-state index in [4.69, 9.17) is 9.84 Å². The highest BCUT2D eigenvalue weighted by Crippen LogP contribution is 2.29. The molecule has 1 unspecified atom stereocenters. The largest absolute Gasteiger partial charge is 0.477 e. The van der Waals surface area contributed by atoms with Gasteiger partial charge < -0.3 is 19.8 Å². The molecule has 1 aromatic carbocycles. The summed E-state index contributed by atoms with van der Waals surface area (Å²) in [5.74, 6) is -0.868. The van der Waals surface area contributed by atoms with Crippen molar-refractivity contribution < 1.29 is 24.5 Å². The van der Waals surface area contributed by atoms with Gasteiger partial charge in [0.05, 0.1) is 25.4 Å². The van der Waals surface area contributed by atoms with Crippen LogP contribution in [0.2, 0.25) is 0 Å². The Bertz CT molecular complexity index is 801. The zero-order valence-electron chi connectivity index (χ0n) is 15.1. The van der Waals surface area contributed by atoms with Crippen molar-refractivity contribution in [2.45, 2.75) is 44.9 Å². The van der Waals surface area contributed by atoms with Crippen molar-refractivity contribution in [1.82, 2.24) is 0 Å². The van der Waals surface area contributed by atoms with Crippen molar-refractivity contribution in [3.05, 3.63) is 51.7 Å². The molecule has 0 bridgehead atoms. The smallest absolute Gasteiger partial charge is 0.345 e. The number of benzene rings is 1. The number of amides is 1. The van der Waals surface area contributed by atoms with Crippen molar-refractivity contribution in [2.24, 2.45) is 0 Å². The molecule has 1 amide bonds. The zero-order valence-corrected chi connectivity index (χ0v) is 15.9. The third kappa shape index (κ3) is 4.55. The van der Waals surface area contributed by atoms with Crippen molar-refractivity contribution in [3.8, 4) is 0 Å². The van der Waals surface area contributed by atoms with Crippen LogP contribution in [0.25, 0.3) is 0 Å². The monoisotopic (exact) mass is 389 g/mol. The lowest BCUT2D eigenvalue weighted by Gasteiger charge is -2.25. The number of carboxylic acid groups (broad SMARTS) is 1. The van der Waals surface area contributed by atoms with Gasteiger partial charge in [0.2, 0.25) is 5.91 Å². The summed E-state index contributed by atoms with van der Waals surface area (Å²) in [7, 11) is 0. The normalized spacial score (nSPS) is 18.1. The Kier molecular flexibility index (Phi) is 6.26. The molecule has 2 atom stereocenters. The van der Waals surface area contributed by atoms with E-state index in [1.54, 1.807) is 17.0 Å². The van der Waals surface area contributed by atoms with Gasteiger partial charge in [0.1, 0.15) is 4.88 Å². The molecule has 2 N–H and O–H groups in total. The molecular formula is C20H23NO5S. The second kappa shape index (κ2) is 8.65. The molecule has 7 heteroatoms. The SMILES string of the molecule is CC[C@H](O)c1ccc(N2C(=O)CCC2COCc2ccc(C(=O)O)s2)cc1. The first-order valence-electron chi connectivity index (χ1n) is 8.99. The average Bonchev–Trinajstić information content (AvgIpc) is 3.28. The third-order valence-corrected chi connectivity index (χ3v) is 5.74. The molecule has 1 saturated heterocycles. The van der Waals surface area contributed by atoms with Gasteiger partial charge in [0, 0.05) is 17.0 Å². The highest BCUT2D eigenvalue weighted by atomic mass is 32.1. The maximum atomic E-state index is 12.3. The minimum absolute atomic E-state index is 0.0432. The van der Waals surface area contributed by atoms with Crippen LogP contribution in [0.1, 0.15) is 52.4 Å². The molecule has 2 heterocycles. The van der Waals surface area contributed by atoms with Crippen molar-refractivity contribution in [3.63, 3.8) is 0 Å². The Labute approximate surface area is 162 Å². The molecule has 6 nitrogen and oxygen atoms in total. The molecular weight excluding hydrogens is 366 g/mol. The van der Waals surface area contributed by atoms with Crippen LogP contribution in [0.15, 0.2) is 36.4 Å². The number of carbonyl (C=O) groups excluding carboxylic acids is 1. The molecule has 0 aliphatic carbocycles. The van der Waals surface area contributed by atoms with Crippen LogP contribution in [0.3, 0.4) is 0 Å². The van der Waals surface area contributed by atoms with Gasteiger partial charge in [-0.25, -0.2) is 4.79 Å². The number of aliphatic hydroxyl groups excluding tert-OH is 1. The van der Waals surface area contributed by atoms with Gasteiger partial charge in [0.25, 0.3) is 0 Å². The molecule has 144 valence electrons. The van der Waals surface area contributed by atoms with Gasteiger partial charge in [-0.1, -0.05) is 19.1 Å². The van der Waals surface area contributed by atoms with E-state index in [-0.39, 0.29) is 11.9 Å². The van der Waals surface area contributed by atoms with Gasteiger partial charge >= 0.3 is 5.97 Å². The van der Waals surface area contributed by atoms with E-state index in [1.165, 1.54) is 11.3 Å². The van der Waals surface area contributed by atoms with Crippen LogP contribution >= 0.6 is 11.3 Å². The van der Waals surface area contributed by atoms with Crippen LogP contribution in [0.4, 0.5) is 5.69 Å². The number of rotatable bonds is 8. The second-order valence-electron chi connectivity index (χ2n) is 6.56. The number of nitrogens with zero attached hydrogens (tertiary/aromatic N) is 1. The first-order valence-corrected chi connectivity index (χ1v) is 9.81. The highest BCUT2D eigenvalue weighted by molar-refractivity contribution is 7.13. The molecule has 3 rings (SSSR count). The lowest BCUT2D eigenvalue weighted by molar-refractivity contribution is -0.117. The van der Waals surface area contributed by atoms with Gasteiger partial charge in [-0.2, -0.15) is 0 Å². The topological polar surface area (TPSA) is 87.1 Å². The highest BCUT2D eigenvalue weighted by Gasteiger charge is 2.32. The number of aliphatic hydroxyl groups is 1. The van der Waals surface area contributed by atoms with Crippen LogP contribution in [-0.4, -0.2) is 34.7 Å².